The average molecular weight is 248 g/mol. The monoisotopic (exact) mass is 248 g/mol. The van der Waals surface area contributed by atoms with Crippen molar-refractivity contribution >= 4 is 5.91 Å². The molecule has 3 nitrogen and oxygen atoms in total. The predicted molar refractivity (Wildman–Crippen MR) is 75.5 cm³/mol. The molecule has 1 aromatic carbocycles. The first-order valence-electron chi connectivity index (χ1n) is 6.65. The maximum Gasteiger partial charge on any atom is 0.236 e. The third-order valence-electron chi connectivity index (χ3n) is 2.98. The number of aryl methyl sites for hydroxylation is 1. The van der Waals surface area contributed by atoms with E-state index >= 15 is 0 Å². The van der Waals surface area contributed by atoms with Crippen molar-refractivity contribution in [1.82, 2.24) is 10.6 Å². The fraction of sp³-hybridized carbons (Fsp3) is 0.533. The number of nitrogens with one attached hydrogen (secondary N) is 2. The molecule has 0 aromatic heterocycles. The van der Waals surface area contributed by atoms with Crippen molar-refractivity contribution in [3.63, 3.8) is 0 Å². The predicted octanol–water partition coefficient (Wildman–Crippen LogP) is 2.56. The second-order valence-electron chi connectivity index (χ2n) is 4.82. The number of carbonyl (C=O) groups is 1. The highest BCUT2D eigenvalue weighted by atomic mass is 16.2. The van der Waals surface area contributed by atoms with Crippen molar-refractivity contribution in [2.75, 3.05) is 6.54 Å². The lowest BCUT2D eigenvalue weighted by molar-refractivity contribution is -0.122. The topological polar surface area (TPSA) is 41.1 Å². The van der Waals surface area contributed by atoms with Crippen LogP contribution >= 0.6 is 0 Å². The molecule has 0 heterocycles. The molecule has 100 valence electrons. The molecule has 2 atom stereocenters. The summed E-state index contributed by atoms with van der Waals surface area (Å²) in [6.45, 7) is 8.85. The van der Waals surface area contributed by atoms with Crippen molar-refractivity contribution in [2.45, 2.75) is 46.2 Å². The van der Waals surface area contributed by atoms with Crippen LogP contribution in [0.3, 0.4) is 0 Å². The second kappa shape index (κ2) is 7.17. The molecule has 3 heteroatoms. The summed E-state index contributed by atoms with van der Waals surface area (Å²) < 4.78 is 0. The Morgan fingerprint density at radius 3 is 2.67 bits per heavy atom. The molecule has 1 aromatic rings. The Morgan fingerprint density at radius 2 is 2.06 bits per heavy atom. The van der Waals surface area contributed by atoms with Gasteiger partial charge in [-0.05, 0) is 32.8 Å². The fourth-order valence-corrected chi connectivity index (χ4v) is 1.89. The van der Waals surface area contributed by atoms with Crippen molar-refractivity contribution in [3.05, 3.63) is 35.4 Å². The van der Waals surface area contributed by atoms with Crippen molar-refractivity contribution in [3.8, 4) is 0 Å². The van der Waals surface area contributed by atoms with Gasteiger partial charge in [0.05, 0.1) is 6.04 Å². The Kier molecular flexibility index (Phi) is 5.86. The van der Waals surface area contributed by atoms with Crippen LogP contribution in [-0.2, 0) is 4.79 Å². The van der Waals surface area contributed by atoms with Gasteiger partial charge in [-0.2, -0.15) is 0 Å². The Labute approximate surface area is 110 Å². The summed E-state index contributed by atoms with van der Waals surface area (Å²) in [5.74, 6) is 0.0661. The number of benzene rings is 1. The molecule has 0 fully saturated rings. The van der Waals surface area contributed by atoms with Gasteiger partial charge in [-0.15, -0.1) is 0 Å². The lowest BCUT2D eigenvalue weighted by atomic mass is 10.1. The normalized spacial score (nSPS) is 14.0. The third kappa shape index (κ3) is 4.49. The maximum absolute atomic E-state index is 11.8. The molecule has 18 heavy (non-hydrogen) atoms. The van der Waals surface area contributed by atoms with Gasteiger partial charge in [0.1, 0.15) is 0 Å². The minimum Gasteiger partial charge on any atom is -0.355 e. The van der Waals surface area contributed by atoms with E-state index in [1.807, 2.05) is 19.9 Å². The van der Waals surface area contributed by atoms with Gasteiger partial charge in [0.25, 0.3) is 0 Å². The van der Waals surface area contributed by atoms with Crippen LogP contribution in [-0.4, -0.2) is 18.5 Å². The summed E-state index contributed by atoms with van der Waals surface area (Å²) in [6, 6.07) is 8.35. The number of hydrogen-bond acceptors (Lipinski definition) is 2. The summed E-state index contributed by atoms with van der Waals surface area (Å²) >= 11 is 0. The quantitative estimate of drug-likeness (QED) is 0.812. The summed E-state index contributed by atoms with van der Waals surface area (Å²) in [6.07, 6.45) is 0.964. The molecule has 0 aliphatic carbocycles. The smallest absolute Gasteiger partial charge is 0.236 e. The van der Waals surface area contributed by atoms with Crippen LogP contribution in [0.15, 0.2) is 24.3 Å². The van der Waals surface area contributed by atoms with E-state index in [9.17, 15) is 4.79 Å². The molecule has 1 amide bonds. The van der Waals surface area contributed by atoms with Gasteiger partial charge in [0, 0.05) is 12.6 Å². The van der Waals surface area contributed by atoms with E-state index in [-0.39, 0.29) is 18.0 Å². The minimum absolute atomic E-state index is 0.0661. The van der Waals surface area contributed by atoms with Gasteiger partial charge in [-0.3, -0.25) is 10.1 Å². The van der Waals surface area contributed by atoms with E-state index in [1.165, 1.54) is 11.1 Å². The Morgan fingerprint density at radius 1 is 1.33 bits per heavy atom. The zero-order chi connectivity index (χ0) is 13.5. The molecular weight excluding hydrogens is 224 g/mol. The van der Waals surface area contributed by atoms with Gasteiger partial charge < -0.3 is 5.32 Å². The summed E-state index contributed by atoms with van der Waals surface area (Å²) in [7, 11) is 0. The summed E-state index contributed by atoms with van der Waals surface area (Å²) in [4.78, 5) is 11.8. The van der Waals surface area contributed by atoms with Crippen LogP contribution in [0.4, 0.5) is 0 Å². The molecule has 0 radical (unpaired) electrons. The first-order valence-corrected chi connectivity index (χ1v) is 6.65. The van der Waals surface area contributed by atoms with Gasteiger partial charge >= 0.3 is 0 Å². The van der Waals surface area contributed by atoms with Crippen molar-refractivity contribution in [2.24, 2.45) is 0 Å². The number of hydrogen-bond donors (Lipinski definition) is 2. The second-order valence-corrected chi connectivity index (χ2v) is 4.82. The number of amides is 1. The summed E-state index contributed by atoms with van der Waals surface area (Å²) in [5, 5.41) is 6.22. The average Bonchev–Trinajstić information content (AvgIpc) is 2.35. The largest absolute Gasteiger partial charge is 0.355 e. The molecule has 0 saturated carbocycles. The molecule has 2 N–H and O–H groups in total. The van der Waals surface area contributed by atoms with E-state index in [1.54, 1.807) is 0 Å². The lowest BCUT2D eigenvalue weighted by Gasteiger charge is -2.20. The van der Waals surface area contributed by atoms with E-state index in [0.29, 0.717) is 0 Å². The van der Waals surface area contributed by atoms with Crippen LogP contribution in [0, 0.1) is 6.92 Å². The van der Waals surface area contributed by atoms with Crippen LogP contribution in [0.5, 0.6) is 0 Å². The standard InChI is InChI=1S/C15H24N2O/c1-5-9-16-15(18)13(4)17-12(3)14-8-6-7-11(2)10-14/h6-8,10,12-13,17H,5,9H2,1-4H3,(H,16,18)/t12-,13?/m0/s1. The van der Waals surface area contributed by atoms with E-state index < -0.39 is 0 Å². The van der Waals surface area contributed by atoms with Gasteiger partial charge in [0.15, 0.2) is 0 Å². The number of carbonyl (C=O) groups excluding carboxylic acids is 1. The molecule has 1 rings (SSSR count). The highest BCUT2D eigenvalue weighted by molar-refractivity contribution is 5.81. The van der Waals surface area contributed by atoms with E-state index in [2.05, 4.69) is 42.7 Å². The minimum atomic E-state index is -0.174. The van der Waals surface area contributed by atoms with Crippen LogP contribution in [0.2, 0.25) is 0 Å². The Hall–Kier alpha value is -1.35. The number of rotatable bonds is 6. The van der Waals surface area contributed by atoms with E-state index in [4.69, 9.17) is 0 Å². The first-order chi connectivity index (χ1) is 8.54. The zero-order valence-corrected chi connectivity index (χ0v) is 11.8. The van der Waals surface area contributed by atoms with Crippen LogP contribution in [0.1, 0.15) is 44.4 Å². The SMILES string of the molecule is CCCNC(=O)C(C)N[C@@H](C)c1cccc(C)c1. The molecule has 0 bridgehead atoms. The van der Waals surface area contributed by atoms with E-state index in [0.717, 1.165) is 13.0 Å². The van der Waals surface area contributed by atoms with Crippen molar-refractivity contribution < 1.29 is 4.79 Å². The molecular formula is C15H24N2O. The third-order valence-corrected chi connectivity index (χ3v) is 2.98. The lowest BCUT2D eigenvalue weighted by Crippen LogP contribution is -2.43. The van der Waals surface area contributed by atoms with Gasteiger partial charge in [0.2, 0.25) is 5.91 Å². The Bertz CT molecular complexity index is 390. The first kappa shape index (κ1) is 14.7. The molecule has 0 saturated heterocycles. The van der Waals surface area contributed by atoms with Gasteiger partial charge in [-0.1, -0.05) is 36.8 Å². The highest BCUT2D eigenvalue weighted by Crippen LogP contribution is 2.14. The van der Waals surface area contributed by atoms with Crippen LogP contribution < -0.4 is 10.6 Å². The molecule has 0 aliphatic heterocycles. The molecule has 1 unspecified atom stereocenters. The Balaban J connectivity index is 2.53. The summed E-state index contributed by atoms with van der Waals surface area (Å²) in [5.41, 5.74) is 2.45. The van der Waals surface area contributed by atoms with Gasteiger partial charge in [-0.25, -0.2) is 0 Å². The van der Waals surface area contributed by atoms with Crippen LogP contribution in [0.25, 0.3) is 0 Å². The fourth-order valence-electron chi connectivity index (χ4n) is 1.89. The highest BCUT2D eigenvalue weighted by Gasteiger charge is 2.15. The molecule has 0 spiro atoms. The maximum atomic E-state index is 11.8. The molecule has 0 aliphatic rings. The zero-order valence-electron chi connectivity index (χ0n) is 11.8. The van der Waals surface area contributed by atoms with Crippen molar-refractivity contribution in [1.29, 1.82) is 0 Å².